The molecule has 17 unspecified atom stereocenters. The minimum absolute atomic E-state index is 0.216. The third-order valence-corrected chi connectivity index (χ3v) is 15.5. The number of unbranched alkanes of at least 4 members (excludes halogenated alkanes) is 13. The summed E-state index contributed by atoms with van der Waals surface area (Å²) < 4.78 is 34.2. The van der Waals surface area contributed by atoms with Crippen molar-refractivity contribution in [2.24, 2.45) is 0 Å². The molecule has 3 heterocycles. The Morgan fingerprint density at radius 1 is 0.420 bits per heavy atom. The van der Waals surface area contributed by atoms with Gasteiger partial charge in [0.15, 0.2) is 18.9 Å². The summed E-state index contributed by atoms with van der Waals surface area (Å²) in [6.45, 7) is 1.49. The molecule has 0 spiro atoms. The van der Waals surface area contributed by atoms with Crippen LogP contribution >= 0.6 is 0 Å². The van der Waals surface area contributed by atoms with E-state index in [0.29, 0.717) is 12.8 Å². The van der Waals surface area contributed by atoms with Gasteiger partial charge in [-0.05, 0) is 96.3 Å². The number of carbonyl (C=O) groups excluding carboxylic acids is 1. The van der Waals surface area contributed by atoms with Crippen LogP contribution in [0.1, 0.15) is 174 Å². The van der Waals surface area contributed by atoms with Crippen molar-refractivity contribution >= 4 is 5.91 Å². The van der Waals surface area contributed by atoms with Gasteiger partial charge in [0.25, 0.3) is 0 Å². The maximum absolute atomic E-state index is 13.4. The molecule has 0 aromatic heterocycles. The van der Waals surface area contributed by atoms with E-state index in [4.69, 9.17) is 28.4 Å². The fourth-order valence-corrected chi connectivity index (χ4v) is 10.1. The van der Waals surface area contributed by atoms with Crippen LogP contribution in [0.2, 0.25) is 0 Å². The predicted molar refractivity (Wildman–Crippen MR) is 341 cm³/mol. The Kier molecular flexibility index (Phi) is 44.4. The number of carbonyl (C=O) groups is 1. The van der Waals surface area contributed by atoms with Crippen molar-refractivity contribution in [3.63, 3.8) is 0 Å². The molecule has 0 aromatic carbocycles. The molecule has 1 amide bonds. The highest BCUT2D eigenvalue weighted by Crippen LogP contribution is 2.33. The molecular weight excluding hydrogens is 1130 g/mol. The topological polar surface area (TPSA) is 307 Å². The Bertz CT molecular complexity index is 2070. The van der Waals surface area contributed by atoms with Crippen LogP contribution in [0, 0.1) is 0 Å². The number of aliphatic hydroxyl groups is 11. The van der Waals surface area contributed by atoms with Gasteiger partial charge < -0.3 is 89.9 Å². The van der Waals surface area contributed by atoms with E-state index >= 15 is 0 Å². The summed E-state index contributed by atoms with van der Waals surface area (Å²) in [5.41, 5.74) is 0. The fourth-order valence-electron chi connectivity index (χ4n) is 10.1. The van der Waals surface area contributed by atoms with Crippen LogP contribution in [-0.2, 0) is 33.2 Å². The highest BCUT2D eigenvalue weighted by molar-refractivity contribution is 5.76. The minimum Gasteiger partial charge on any atom is -0.394 e. The first-order valence-corrected chi connectivity index (χ1v) is 32.8. The molecule has 0 saturated carbocycles. The molecular formula is C69H113NO18. The molecule has 3 rings (SSSR count). The first kappa shape index (κ1) is 78.4. The monoisotopic (exact) mass is 1240 g/mol. The number of nitrogens with one attached hydrogen (secondary N) is 1. The second-order valence-electron chi connectivity index (χ2n) is 22.8. The zero-order valence-electron chi connectivity index (χ0n) is 52.6. The lowest BCUT2D eigenvalue weighted by Gasteiger charge is -2.48. The zero-order chi connectivity index (χ0) is 64.0. The van der Waals surface area contributed by atoms with Crippen LogP contribution < -0.4 is 5.32 Å². The Balaban J connectivity index is 1.41. The van der Waals surface area contributed by atoms with Crippen molar-refractivity contribution in [1.82, 2.24) is 5.32 Å². The average Bonchev–Trinajstić information content (AvgIpc) is 1.54. The molecule has 502 valence electrons. The highest BCUT2D eigenvalue weighted by atomic mass is 16.8. The largest absolute Gasteiger partial charge is 0.394 e. The molecule has 0 radical (unpaired) electrons. The second-order valence-corrected chi connectivity index (χ2v) is 22.8. The van der Waals surface area contributed by atoms with Crippen LogP contribution in [0.4, 0.5) is 0 Å². The normalized spacial score (nSPS) is 29.2. The Hall–Kier alpha value is -3.81. The lowest BCUT2D eigenvalue weighted by atomic mass is 9.96. The van der Waals surface area contributed by atoms with Gasteiger partial charge >= 0.3 is 0 Å². The van der Waals surface area contributed by atoms with Crippen LogP contribution in [0.5, 0.6) is 0 Å². The van der Waals surface area contributed by atoms with E-state index in [9.17, 15) is 61.0 Å². The van der Waals surface area contributed by atoms with Gasteiger partial charge in [0.2, 0.25) is 5.91 Å². The molecule has 19 heteroatoms. The summed E-state index contributed by atoms with van der Waals surface area (Å²) in [5.74, 6) is -0.304. The fraction of sp³-hybridized carbons (Fsp3) is 0.696. The predicted octanol–water partition coefficient (Wildman–Crippen LogP) is 7.65. The van der Waals surface area contributed by atoms with Gasteiger partial charge in [0, 0.05) is 6.42 Å². The molecule has 17 atom stereocenters. The number of allylic oxidation sites excluding steroid dienone is 19. The first-order chi connectivity index (χ1) is 42.8. The van der Waals surface area contributed by atoms with Crippen molar-refractivity contribution in [3.05, 3.63) is 122 Å². The number of ether oxygens (including phenoxy) is 6. The number of hydrogen-bond donors (Lipinski definition) is 12. The van der Waals surface area contributed by atoms with E-state index in [0.717, 1.165) is 103 Å². The van der Waals surface area contributed by atoms with Gasteiger partial charge in [-0.3, -0.25) is 4.79 Å². The SMILES string of the molecule is CC/C=C\C/C=C\C/C=C\C/C=C\C/C=C\C/C=C\C/C=C\CCCCCCCCCCCC(=O)NC(COC1OC(CO)C(OC2OC(CO)C(OC3OC(CO)C(O)C(O)C3O)C(O)C2O)C(O)C1O)C(O)/C=C/CC/C=C/CC/C=C/CCCC. The molecule has 0 aromatic rings. The van der Waals surface area contributed by atoms with Gasteiger partial charge in [0.1, 0.15) is 73.2 Å². The molecule has 12 N–H and O–H groups in total. The van der Waals surface area contributed by atoms with Crippen LogP contribution in [-0.4, -0.2) is 193 Å². The molecule has 3 aliphatic heterocycles. The molecule has 19 nitrogen and oxygen atoms in total. The molecule has 88 heavy (non-hydrogen) atoms. The second kappa shape index (κ2) is 49.8. The van der Waals surface area contributed by atoms with Crippen molar-refractivity contribution in [2.75, 3.05) is 26.4 Å². The van der Waals surface area contributed by atoms with Crippen LogP contribution in [0.25, 0.3) is 0 Å². The molecule has 3 aliphatic rings. The van der Waals surface area contributed by atoms with Gasteiger partial charge in [-0.25, -0.2) is 0 Å². The van der Waals surface area contributed by atoms with Gasteiger partial charge in [-0.1, -0.05) is 193 Å². The smallest absolute Gasteiger partial charge is 0.220 e. The third kappa shape index (κ3) is 32.0. The Labute approximate surface area is 525 Å². The average molecular weight is 1240 g/mol. The lowest BCUT2D eigenvalue weighted by molar-refractivity contribution is -0.379. The van der Waals surface area contributed by atoms with E-state index in [1.807, 2.05) is 6.08 Å². The maximum Gasteiger partial charge on any atom is 0.220 e. The maximum atomic E-state index is 13.4. The number of amides is 1. The summed E-state index contributed by atoms with van der Waals surface area (Å²) >= 11 is 0. The minimum atomic E-state index is -1.99. The number of hydrogen-bond acceptors (Lipinski definition) is 18. The standard InChI is InChI=1S/C69H113NO18/c1-3-5-7-9-11-13-15-17-18-19-20-21-22-23-24-25-26-27-28-29-30-31-32-33-34-35-37-39-41-43-45-47-57(75)70-52(53(74)46-44-42-40-38-36-16-14-12-10-8-6-4-2)51-83-67-63(81)60(78)65(55(49-72)85-67)88-69-64(82)61(79)66(56(50-73)86-69)87-68-62(80)59(77)58(76)54(48-71)84-68/h5,7,10-13,17-18,20-21,23-24,26-27,29-30,36,38,44,46,52-56,58-69,71-74,76-82H,3-4,6,8-9,14-16,19,22,25,28,31-35,37,39-43,45,47-51H2,1-2H3,(H,70,75)/b7-5-,12-10+,13-11-,18-17-,21-20-,24-23-,27-26-,30-29-,38-36+,46-44+. The van der Waals surface area contributed by atoms with Crippen LogP contribution in [0.15, 0.2) is 122 Å². The molecule has 0 aliphatic carbocycles. The van der Waals surface area contributed by atoms with Crippen LogP contribution in [0.3, 0.4) is 0 Å². The lowest BCUT2D eigenvalue weighted by Crippen LogP contribution is -2.66. The van der Waals surface area contributed by atoms with Gasteiger partial charge in [0.05, 0.1) is 38.6 Å². The summed E-state index contributed by atoms with van der Waals surface area (Å²) in [6.07, 6.45) is 40.4. The first-order valence-electron chi connectivity index (χ1n) is 32.8. The third-order valence-electron chi connectivity index (χ3n) is 15.5. The summed E-state index contributed by atoms with van der Waals surface area (Å²) in [6, 6.07) is -1.01. The van der Waals surface area contributed by atoms with Crippen molar-refractivity contribution in [2.45, 2.75) is 279 Å². The van der Waals surface area contributed by atoms with Crippen molar-refractivity contribution < 1.29 is 89.4 Å². The van der Waals surface area contributed by atoms with Gasteiger partial charge in [-0.2, -0.15) is 0 Å². The van der Waals surface area contributed by atoms with E-state index in [-0.39, 0.29) is 18.9 Å². The van der Waals surface area contributed by atoms with E-state index in [2.05, 4.69) is 129 Å². The summed E-state index contributed by atoms with van der Waals surface area (Å²) in [5, 5.41) is 120. The number of aliphatic hydroxyl groups excluding tert-OH is 11. The Morgan fingerprint density at radius 2 is 0.795 bits per heavy atom. The Morgan fingerprint density at radius 3 is 1.27 bits per heavy atom. The van der Waals surface area contributed by atoms with Crippen molar-refractivity contribution in [3.8, 4) is 0 Å². The zero-order valence-corrected chi connectivity index (χ0v) is 52.6. The number of rotatable bonds is 47. The highest BCUT2D eigenvalue weighted by Gasteiger charge is 2.53. The van der Waals surface area contributed by atoms with E-state index in [1.165, 1.54) is 38.5 Å². The summed E-state index contributed by atoms with van der Waals surface area (Å²) in [7, 11) is 0. The molecule has 3 saturated heterocycles. The molecule has 3 fully saturated rings. The molecule has 0 bridgehead atoms. The van der Waals surface area contributed by atoms with E-state index in [1.54, 1.807) is 6.08 Å². The summed E-state index contributed by atoms with van der Waals surface area (Å²) in [4.78, 5) is 13.4. The van der Waals surface area contributed by atoms with Crippen molar-refractivity contribution in [1.29, 1.82) is 0 Å². The van der Waals surface area contributed by atoms with Gasteiger partial charge in [-0.15, -0.1) is 0 Å². The van der Waals surface area contributed by atoms with E-state index < -0.39 is 124 Å². The quantitative estimate of drug-likeness (QED) is 0.0206.